The molecule has 0 saturated carbocycles. The fourth-order valence-corrected chi connectivity index (χ4v) is 21.4. The number of carboxylic acid groups (broad SMARTS) is 6. The summed E-state index contributed by atoms with van der Waals surface area (Å²) in [6, 6.07) is -6.18. The average Bonchev–Trinajstić information content (AvgIpc) is 4.10. The highest BCUT2D eigenvalue weighted by Crippen LogP contribution is 2.84. The van der Waals surface area contributed by atoms with Gasteiger partial charge in [0.05, 0.1) is 10.5 Å². The lowest BCUT2D eigenvalue weighted by atomic mass is 10.0. The molecule has 2 saturated heterocycles. The predicted octanol–water partition coefficient (Wildman–Crippen LogP) is 7.05. The van der Waals surface area contributed by atoms with E-state index in [2.05, 4.69) is 26.6 Å². The highest BCUT2D eigenvalue weighted by Gasteiger charge is 2.53. The minimum Gasteiger partial charge on any atom is -0.481 e. The lowest BCUT2D eigenvalue weighted by molar-refractivity contribution is -0.144. The summed E-state index contributed by atoms with van der Waals surface area (Å²) in [4.78, 5) is 133. The van der Waals surface area contributed by atoms with E-state index in [0.29, 0.717) is 25.7 Å². The SMILES string of the molecule is O=C(O)CCCCCCCCCCCCCCCCC(=O)N[C@@H](CCC(=O)N[C@@H](CCC(=O)N[C@@H](CCC(=O)N[C@@H](CCC(=O)NCCCC[C@@H](C(=O)O)C1SSC2(SS1)SS2)C(=O)O)C(=O)O)C(=O)O)C(=O)O.[HH]. The molecule has 5 amide bonds. The van der Waals surface area contributed by atoms with E-state index in [1.807, 2.05) is 0 Å². The largest absolute Gasteiger partial charge is 0.481 e. The first-order valence-electron chi connectivity index (χ1n) is 25.1. The summed E-state index contributed by atoms with van der Waals surface area (Å²) in [6.45, 7) is 0.235. The van der Waals surface area contributed by atoms with Gasteiger partial charge in [-0.05, 0) is 73.0 Å². The van der Waals surface area contributed by atoms with Crippen LogP contribution in [0.5, 0.6) is 0 Å². The molecule has 2 fully saturated rings. The Bertz CT molecular complexity index is 1870. The molecular formula is C46H75N5O17S6. The second-order valence-electron chi connectivity index (χ2n) is 18.0. The van der Waals surface area contributed by atoms with Crippen LogP contribution in [-0.2, 0) is 52.7 Å². The van der Waals surface area contributed by atoms with Crippen molar-refractivity contribution in [2.45, 2.75) is 205 Å². The van der Waals surface area contributed by atoms with Crippen LogP contribution in [0.25, 0.3) is 0 Å². The standard InChI is InChI=1S/C46H73N5O17S6.H2/c52-34(47-28-16-15-17-29(40(59)60)45-69-71-46(72-70-45)73-74-46)24-20-30(41(61)62)49-36(54)26-22-32(43(65)66)51-38(56)27-23-33(44(67)68)50-37(55)25-21-31(42(63)64)48-35(53)18-13-11-9-7-5-3-1-2-4-6-8-10-12-14-19-39(57)58;/h29-33,45H,1-28H2,(H,47,52)(H,48,53)(H,49,54)(H,50,55)(H,51,56)(H,57,58)(H,59,60)(H,61,62)(H,63,64)(H,65,66)(H,67,68);1H/t29-,30-,31-,32-,33-;/m0./s1. The van der Waals surface area contributed by atoms with Crippen molar-refractivity contribution in [1.29, 1.82) is 0 Å². The van der Waals surface area contributed by atoms with Crippen molar-refractivity contribution in [2.75, 3.05) is 6.54 Å². The second kappa shape index (κ2) is 37.9. The monoisotopic (exact) mass is 1160 g/mol. The van der Waals surface area contributed by atoms with E-state index >= 15 is 0 Å². The van der Waals surface area contributed by atoms with Crippen LogP contribution >= 0.6 is 64.8 Å². The highest BCUT2D eigenvalue weighted by atomic mass is 33.2. The van der Waals surface area contributed by atoms with Gasteiger partial charge in [0, 0.05) is 46.5 Å². The number of aliphatic carboxylic acids is 6. The van der Waals surface area contributed by atoms with Crippen LogP contribution in [0.2, 0.25) is 0 Å². The zero-order valence-electron chi connectivity index (χ0n) is 41.4. The third-order valence-corrected chi connectivity index (χ3v) is 25.7. The fraction of sp³-hybridized carbons (Fsp3) is 0.761. The molecule has 422 valence electrons. The summed E-state index contributed by atoms with van der Waals surface area (Å²) in [5, 5.41) is 68.7. The first-order valence-corrected chi connectivity index (χ1v) is 31.6. The van der Waals surface area contributed by atoms with Crippen molar-refractivity contribution in [3.8, 4) is 0 Å². The van der Waals surface area contributed by atoms with Crippen LogP contribution in [0.4, 0.5) is 0 Å². The summed E-state index contributed by atoms with van der Waals surface area (Å²) >= 11 is 0. The van der Waals surface area contributed by atoms with Crippen LogP contribution in [0.15, 0.2) is 0 Å². The Hall–Kier alpha value is -3.73. The topological polar surface area (TPSA) is 369 Å². The molecule has 0 aromatic carbocycles. The van der Waals surface area contributed by atoms with Crippen molar-refractivity contribution in [3.05, 3.63) is 0 Å². The van der Waals surface area contributed by atoms with Crippen molar-refractivity contribution >= 4 is 130 Å². The molecule has 2 aliphatic heterocycles. The number of rotatable bonds is 44. The highest BCUT2D eigenvalue weighted by molar-refractivity contribution is 9.14. The first kappa shape index (κ1) is 66.4. The van der Waals surface area contributed by atoms with Gasteiger partial charge in [-0.3, -0.25) is 33.6 Å². The first-order chi connectivity index (χ1) is 35.2. The molecule has 2 heterocycles. The molecule has 22 nitrogen and oxygen atoms in total. The Balaban J connectivity index is 0.0000281. The van der Waals surface area contributed by atoms with E-state index < -0.39 is 128 Å². The number of amides is 5. The molecule has 1 spiro atoms. The Kier molecular flexibility index (Phi) is 34.0. The van der Waals surface area contributed by atoms with Crippen molar-refractivity contribution in [1.82, 2.24) is 26.6 Å². The molecule has 0 aromatic heterocycles. The van der Waals surface area contributed by atoms with Crippen LogP contribution in [-0.4, -0.2) is 134 Å². The molecule has 0 unspecified atom stereocenters. The minimum absolute atomic E-state index is 0. The third-order valence-electron chi connectivity index (χ3n) is 11.8. The van der Waals surface area contributed by atoms with Gasteiger partial charge in [-0.25, -0.2) is 19.2 Å². The number of hydrogen-bond acceptors (Lipinski definition) is 17. The van der Waals surface area contributed by atoms with Crippen molar-refractivity contribution in [2.24, 2.45) is 5.92 Å². The smallest absolute Gasteiger partial charge is 0.326 e. The maximum atomic E-state index is 12.7. The van der Waals surface area contributed by atoms with E-state index in [1.54, 1.807) is 64.8 Å². The van der Waals surface area contributed by atoms with E-state index in [4.69, 9.17) is 5.11 Å². The van der Waals surface area contributed by atoms with E-state index in [-0.39, 0.29) is 47.4 Å². The summed E-state index contributed by atoms with van der Waals surface area (Å²) < 4.78 is -0.0535. The van der Waals surface area contributed by atoms with Gasteiger partial charge in [0.15, 0.2) is 2.74 Å². The summed E-state index contributed by atoms with van der Waals surface area (Å²) in [5.74, 6) is -11.7. The lowest BCUT2D eigenvalue weighted by Gasteiger charge is -2.27. The molecule has 0 aromatic rings. The van der Waals surface area contributed by atoms with E-state index in [9.17, 15) is 78.3 Å². The Morgan fingerprint density at radius 2 is 0.689 bits per heavy atom. The van der Waals surface area contributed by atoms with Gasteiger partial charge in [-0.1, -0.05) is 127 Å². The molecule has 0 bridgehead atoms. The van der Waals surface area contributed by atoms with Crippen LogP contribution in [0.3, 0.4) is 0 Å². The third kappa shape index (κ3) is 30.7. The van der Waals surface area contributed by atoms with Gasteiger partial charge in [-0.15, -0.1) is 0 Å². The Morgan fingerprint density at radius 3 is 1.01 bits per heavy atom. The minimum atomic E-state index is -1.64. The van der Waals surface area contributed by atoms with Crippen molar-refractivity contribution in [3.63, 3.8) is 0 Å². The molecule has 0 aliphatic carbocycles. The zero-order valence-corrected chi connectivity index (χ0v) is 46.3. The van der Waals surface area contributed by atoms with Crippen molar-refractivity contribution < 1.29 is 84.8 Å². The van der Waals surface area contributed by atoms with Gasteiger partial charge < -0.3 is 57.2 Å². The summed E-state index contributed by atoms with van der Waals surface area (Å²) in [6.07, 6.45) is 12.4. The average molecular weight is 1160 g/mol. The quantitative estimate of drug-likeness (QED) is 0.0165. The van der Waals surface area contributed by atoms with Crippen LogP contribution in [0.1, 0.15) is 175 Å². The van der Waals surface area contributed by atoms with Crippen LogP contribution < -0.4 is 26.6 Å². The number of carboxylic acids is 6. The van der Waals surface area contributed by atoms with E-state index in [0.717, 1.165) is 70.6 Å². The lowest BCUT2D eigenvalue weighted by Crippen LogP contribution is -2.45. The molecule has 2 aliphatic rings. The van der Waals surface area contributed by atoms with Gasteiger partial charge in [0.1, 0.15) is 24.2 Å². The van der Waals surface area contributed by atoms with Gasteiger partial charge >= 0.3 is 35.8 Å². The number of unbranched alkanes of at least 4 members (excludes halogenated alkanes) is 14. The number of hydrogen-bond donors (Lipinski definition) is 11. The van der Waals surface area contributed by atoms with Gasteiger partial charge in [0.2, 0.25) is 29.5 Å². The maximum absolute atomic E-state index is 12.7. The zero-order chi connectivity index (χ0) is 54.9. The molecule has 5 atom stereocenters. The maximum Gasteiger partial charge on any atom is 0.326 e. The Morgan fingerprint density at radius 1 is 0.365 bits per heavy atom. The second-order valence-corrected chi connectivity index (χ2v) is 27.5. The normalized spacial score (nSPS) is 15.8. The Labute approximate surface area is 456 Å². The number of carbonyl (C=O) groups is 11. The molecule has 28 heteroatoms. The molecule has 2 rings (SSSR count). The van der Waals surface area contributed by atoms with Gasteiger partial charge in [-0.2, -0.15) is 0 Å². The molecular weight excluding hydrogens is 1090 g/mol. The predicted molar refractivity (Wildman–Crippen MR) is 289 cm³/mol. The summed E-state index contributed by atoms with van der Waals surface area (Å²) in [7, 11) is 10.00. The summed E-state index contributed by atoms with van der Waals surface area (Å²) in [5.41, 5.74) is 0. The molecule has 74 heavy (non-hydrogen) atoms. The molecule has 0 radical (unpaired) electrons. The van der Waals surface area contributed by atoms with Gasteiger partial charge in [0.25, 0.3) is 0 Å². The van der Waals surface area contributed by atoms with E-state index in [1.165, 1.54) is 12.8 Å². The number of carbonyl (C=O) groups excluding carboxylic acids is 5. The molecule has 11 N–H and O–H groups in total. The fourth-order valence-electron chi connectivity index (χ4n) is 7.53. The van der Waals surface area contributed by atoms with Crippen LogP contribution in [0, 0.1) is 5.92 Å². The number of nitrogens with one attached hydrogen (secondary N) is 5.